The number of pyridine rings is 2. The number of aromatic nitrogens is 2. The smallest absolute Gasteiger partial charge is 0.143 e. The zero-order valence-electron chi connectivity index (χ0n) is 37.2. The molecule has 66 heavy (non-hydrogen) atoms. The molecular formula is C58H56N2O6. The molecule has 0 saturated heterocycles. The average molecular weight is 877 g/mol. The Morgan fingerprint density at radius 1 is 0.288 bits per heavy atom. The summed E-state index contributed by atoms with van der Waals surface area (Å²) in [5, 5.41) is 0. The van der Waals surface area contributed by atoms with Crippen molar-refractivity contribution in [3.05, 3.63) is 263 Å². The summed E-state index contributed by atoms with van der Waals surface area (Å²) >= 11 is 0. The number of hydrogen-bond donors (Lipinski definition) is 0. The lowest BCUT2D eigenvalue weighted by atomic mass is 9.80. The van der Waals surface area contributed by atoms with Crippen LogP contribution in [-0.2, 0) is 52.8 Å². The highest BCUT2D eigenvalue weighted by molar-refractivity contribution is 5.55. The molecule has 334 valence electrons. The van der Waals surface area contributed by atoms with Crippen molar-refractivity contribution < 1.29 is 28.4 Å². The molecule has 0 spiro atoms. The van der Waals surface area contributed by atoms with Gasteiger partial charge in [-0.3, -0.25) is 9.97 Å². The standard InChI is InChI=1S/C58H56N2O6/c1-7-19-49(20-8-1)57(50-21-9-2-10-22-50,51-23-11-3-12-24-51)65-41-39-61-35-37-63-45-47-31-33-59-55(43-47)56-44-48(32-34-60-56)46-64-38-36-62-40-42-66-58(52-25-13-4-14-26-52,53-27-15-5-16-28-53)54-29-17-6-18-30-54/h1-34,43-44H,35-42,45-46H2. The van der Waals surface area contributed by atoms with E-state index < -0.39 is 11.2 Å². The van der Waals surface area contributed by atoms with E-state index in [2.05, 4.69) is 156 Å². The fourth-order valence-corrected chi connectivity index (χ4v) is 8.27. The van der Waals surface area contributed by atoms with Gasteiger partial charge in [0.1, 0.15) is 11.2 Å². The predicted molar refractivity (Wildman–Crippen MR) is 259 cm³/mol. The molecule has 0 N–H and O–H groups in total. The molecule has 0 aliphatic rings. The van der Waals surface area contributed by atoms with Crippen LogP contribution in [0.25, 0.3) is 11.4 Å². The Bertz CT molecular complexity index is 2230. The molecule has 0 bridgehead atoms. The molecule has 0 atom stereocenters. The van der Waals surface area contributed by atoms with Crippen LogP contribution in [0.1, 0.15) is 44.5 Å². The molecule has 0 radical (unpaired) electrons. The van der Waals surface area contributed by atoms with Crippen LogP contribution < -0.4 is 0 Å². The zero-order valence-corrected chi connectivity index (χ0v) is 37.2. The van der Waals surface area contributed by atoms with Crippen molar-refractivity contribution in [3.63, 3.8) is 0 Å². The van der Waals surface area contributed by atoms with Gasteiger partial charge in [-0.15, -0.1) is 0 Å². The van der Waals surface area contributed by atoms with Crippen molar-refractivity contribution in [2.24, 2.45) is 0 Å². The summed E-state index contributed by atoms with van der Waals surface area (Å²) in [6, 6.07) is 70.1. The van der Waals surface area contributed by atoms with Crippen LogP contribution >= 0.6 is 0 Å². The van der Waals surface area contributed by atoms with Crippen LogP contribution in [0, 0.1) is 0 Å². The molecule has 2 aromatic heterocycles. The fraction of sp³-hybridized carbons (Fsp3) is 0.207. The molecule has 0 unspecified atom stereocenters. The Balaban J connectivity index is 0.765. The summed E-state index contributed by atoms with van der Waals surface area (Å²) in [4.78, 5) is 9.20. The third kappa shape index (κ3) is 11.6. The summed E-state index contributed by atoms with van der Waals surface area (Å²) < 4.78 is 37.7. The first kappa shape index (κ1) is 45.9. The van der Waals surface area contributed by atoms with E-state index in [4.69, 9.17) is 28.4 Å². The summed E-state index contributed by atoms with van der Waals surface area (Å²) in [7, 11) is 0. The summed E-state index contributed by atoms with van der Waals surface area (Å²) in [5.41, 5.74) is 8.35. The van der Waals surface area contributed by atoms with Gasteiger partial charge < -0.3 is 28.4 Å². The molecule has 0 aliphatic heterocycles. The second-order valence-electron chi connectivity index (χ2n) is 15.7. The van der Waals surface area contributed by atoms with Gasteiger partial charge in [-0.25, -0.2) is 0 Å². The number of ether oxygens (including phenoxy) is 6. The minimum atomic E-state index is -0.777. The van der Waals surface area contributed by atoms with E-state index in [0.717, 1.165) is 55.9 Å². The maximum atomic E-state index is 6.82. The molecule has 2 heterocycles. The van der Waals surface area contributed by atoms with Crippen molar-refractivity contribution in [3.8, 4) is 11.4 Å². The second-order valence-corrected chi connectivity index (χ2v) is 15.7. The van der Waals surface area contributed by atoms with Crippen molar-refractivity contribution in [1.82, 2.24) is 9.97 Å². The van der Waals surface area contributed by atoms with Gasteiger partial charge in [-0.05, 0) is 68.8 Å². The van der Waals surface area contributed by atoms with Crippen molar-refractivity contribution in [2.75, 3.05) is 52.9 Å². The van der Waals surface area contributed by atoms with E-state index in [1.54, 1.807) is 12.4 Å². The monoisotopic (exact) mass is 876 g/mol. The Morgan fingerprint density at radius 2 is 0.545 bits per heavy atom. The summed E-state index contributed by atoms with van der Waals surface area (Å²) in [5.74, 6) is 0. The van der Waals surface area contributed by atoms with Gasteiger partial charge in [0.25, 0.3) is 0 Å². The lowest BCUT2D eigenvalue weighted by Gasteiger charge is -2.36. The number of rotatable bonds is 25. The van der Waals surface area contributed by atoms with Gasteiger partial charge in [0.15, 0.2) is 0 Å². The Hall–Kier alpha value is -6.62. The van der Waals surface area contributed by atoms with Crippen LogP contribution in [0.15, 0.2) is 219 Å². The molecule has 6 aromatic carbocycles. The van der Waals surface area contributed by atoms with Crippen molar-refractivity contribution in [2.45, 2.75) is 24.4 Å². The van der Waals surface area contributed by atoms with E-state index >= 15 is 0 Å². The topological polar surface area (TPSA) is 81.2 Å². The first-order chi connectivity index (χ1) is 32.8. The lowest BCUT2D eigenvalue weighted by molar-refractivity contribution is -0.0345. The number of hydrogen-bond acceptors (Lipinski definition) is 8. The molecular weight excluding hydrogens is 821 g/mol. The predicted octanol–water partition coefficient (Wildman–Crippen LogP) is 11.2. The number of benzene rings is 6. The van der Waals surface area contributed by atoms with Crippen LogP contribution in [0.2, 0.25) is 0 Å². The summed E-state index contributed by atoms with van der Waals surface area (Å²) in [6.45, 7) is 4.25. The highest BCUT2D eigenvalue weighted by Gasteiger charge is 2.38. The third-order valence-electron chi connectivity index (χ3n) is 11.4. The third-order valence-corrected chi connectivity index (χ3v) is 11.4. The SMILES string of the molecule is c1ccc(C(OCCOCCOCc2ccnc(-c3cc(COCCOCCOC(c4ccccc4)(c4ccccc4)c4ccccc4)ccn3)c2)(c2ccccc2)c2ccccc2)cc1. The Morgan fingerprint density at radius 3 is 0.833 bits per heavy atom. The van der Waals surface area contributed by atoms with Crippen molar-refractivity contribution >= 4 is 0 Å². The highest BCUT2D eigenvalue weighted by Crippen LogP contribution is 2.41. The van der Waals surface area contributed by atoms with Gasteiger partial charge in [-0.2, -0.15) is 0 Å². The quantitative estimate of drug-likeness (QED) is 0.0415. The van der Waals surface area contributed by atoms with Crippen LogP contribution in [0.4, 0.5) is 0 Å². The van der Waals surface area contributed by atoms with E-state index in [9.17, 15) is 0 Å². The van der Waals surface area contributed by atoms with Gasteiger partial charge >= 0.3 is 0 Å². The Kier molecular flexibility index (Phi) is 16.7. The molecule has 8 nitrogen and oxygen atoms in total. The molecule has 8 aromatic rings. The van der Waals surface area contributed by atoms with Gasteiger partial charge in [-0.1, -0.05) is 182 Å². The highest BCUT2D eigenvalue weighted by atomic mass is 16.6. The van der Waals surface area contributed by atoms with Gasteiger partial charge in [0.05, 0.1) is 77.5 Å². The van der Waals surface area contributed by atoms with Gasteiger partial charge in [0.2, 0.25) is 0 Å². The maximum absolute atomic E-state index is 6.82. The molecule has 8 rings (SSSR count). The van der Waals surface area contributed by atoms with Crippen molar-refractivity contribution in [1.29, 1.82) is 0 Å². The van der Waals surface area contributed by atoms with Crippen LogP contribution in [0.3, 0.4) is 0 Å². The first-order valence-corrected chi connectivity index (χ1v) is 22.6. The Labute approximate surface area is 388 Å². The normalized spacial score (nSPS) is 11.7. The van der Waals surface area contributed by atoms with E-state index in [1.807, 2.05) is 60.7 Å². The maximum Gasteiger partial charge on any atom is 0.143 e. The first-order valence-electron chi connectivity index (χ1n) is 22.6. The molecule has 0 fully saturated rings. The minimum Gasteiger partial charge on any atom is -0.377 e. The number of nitrogens with zero attached hydrogens (tertiary/aromatic N) is 2. The van der Waals surface area contributed by atoms with E-state index in [-0.39, 0.29) is 0 Å². The molecule has 0 saturated carbocycles. The molecule has 0 aliphatic carbocycles. The summed E-state index contributed by atoms with van der Waals surface area (Å²) in [6.07, 6.45) is 3.58. The van der Waals surface area contributed by atoms with Crippen LogP contribution in [0.5, 0.6) is 0 Å². The fourth-order valence-electron chi connectivity index (χ4n) is 8.27. The second kappa shape index (κ2) is 24.1. The minimum absolute atomic E-state index is 0.397. The molecule has 0 amide bonds. The van der Waals surface area contributed by atoms with E-state index in [0.29, 0.717) is 66.1 Å². The molecule has 8 heteroatoms. The lowest BCUT2D eigenvalue weighted by Crippen LogP contribution is -2.34. The average Bonchev–Trinajstić information content (AvgIpc) is 3.40. The van der Waals surface area contributed by atoms with Crippen LogP contribution in [-0.4, -0.2) is 62.8 Å². The van der Waals surface area contributed by atoms with Gasteiger partial charge in [0, 0.05) is 12.4 Å². The largest absolute Gasteiger partial charge is 0.377 e. The van der Waals surface area contributed by atoms with E-state index in [1.165, 1.54) is 0 Å². The zero-order chi connectivity index (χ0) is 45.0.